The van der Waals surface area contributed by atoms with Crippen LogP contribution in [0.4, 0.5) is 0 Å². The number of hydrogen-bond donors (Lipinski definition) is 0. The van der Waals surface area contributed by atoms with Crippen molar-refractivity contribution in [3.05, 3.63) is 81.2 Å². The molecular weight excluding hydrogens is 449 g/mol. The second-order valence-electron chi connectivity index (χ2n) is 6.20. The predicted octanol–water partition coefficient (Wildman–Crippen LogP) is 6.29. The van der Waals surface area contributed by atoms with Crippen LogP contribution in [0.1, 0.15) is 11.3 Å². The van der Waals surface area contributed by atoms with Crippen molar-refractivity contribution in [2.45, 2.75) is 17.8 Å². The van der Waals surface area contributed by atoms with E-state index < -0.39 is 0 Å². The molecule has 2 aromatic heterocycles. The summed E-state index contributed by atoms with van der Waals surface area (Å²) in [5, 5.41) is 11.0. The average molecular weight is 463 g/mol. The summed E-state index contributed by atoms with van der Waals surface area (Å²) < 4.78 is 1.94. The zero-order valence-electron chi connectivity index (χ0n) is 15.2. The topological polar surface area (TPSA) is 56.5 Å². The van der Waals surface area contributed by atoms with Crippen LogP contribution in [0, 0.1) is 6.92 Å². The lowest BCUT2D eigenvalue weighted by atomic mass is 10.2. The van der Waals surface area contributed by atoms with Crippen molar-refractivity contribution in [1.82, 2.24) is 24.7 Å². The van der Waals surface area contributed by atoms with Gasteiger partial charge in [0.05, 0.1) is 0 Å². The molecule has 29 heavy (non-hydrogen) atoms. The molecule has 2 aromatic carbocycles. The summed E-state index contributed by atoms with van der Waals surface area (Å²) in [6.45, 7) is 1.86. The monoisotopic (exact) mass is 461 g/mol. The van der Waals surface area contributed by atoms with E-state index in [1.165, 1.54) is 0 Å². The zero-order chi connectivity index (χ0) is 20.4. The van der Waals surface area contributed by atoms with Gasteiger partial charge in [0.15, 0.2) is 11.0 Å². The summed E-state index contributed by atoms with van der Waals surface area (Å²) in [4.78, 5) is 8.46. The van der Waals surface area contributed by atoms with Crippen molar-refractivity contribution in [2.24, 2.45) is 0 Å². The van der Waals surface area contributed by atoms with E-state index >= 15 is 0 Å². The summed E-state index contributed by atoms with van der Waals surface area (Å²) in [7, 11) is 0. The number of benzene rings is 2. The highest BCUT2D eigenvalue weighted by Crippen LogP contribution is 2.30. The van der Waals surface area contributed by atoms with Crippen LogP contribution in [0.2, 0.25) is 15.3 Å². The normalized spacial score (nSPS) is 11.0. The first kappa shape index (κ1) is 20.2. The van der Waals surface area contributed by atoms with Crippen LogP contribution in [0.3, 0.4) is 0 Å². The summed E-state index contributed by atoms with van der Waals surface area (Å²) in [5.74, 6) is 1.30. The average Bonchev–Trinajstić information content (AvgIpc) is 3.11. The Balaban J connectivity index is 1.75. The number of hydrogen-bond acceptors (Lipinski definition) is 5. The number of halogens is 3. The highest BCUT2D eigenvalue weighted by molar-refractivity contribution is 7.98. The van der Waals surface area contributed by atoms with Gasteiger partial charge in [0.25, 0.3) is 0 Å². The third-order valence-corrected chi connectivity index (χ3v) is 5.73. The lowest BCUT2D eigenvalue weighted by Crippen LogP contribution is -2.02. The third-order valence-electron chi connectivity index (χ3n) is 4.06. The molecule has 4 rings (SSSR count). The largest absolute Gasteiger partial charge is 0.269 e. The van der Waals surface area contributed by atoms with Crippen LogP contribution in [0.5, 0.6) is 0 Å². The summed E-state index contributed by atoms with van der Waals surface area (Å²) in [6.07, 6.45) is 0. The number of aryl methyl sites for hydroxylation is 1. The lowest BCUT2D eigenvalue weighted by Gasteiger charge is -2.10. The van der Waals surface area contributed by atoms with Gasteiger partial charge in [-0.3, -0.25) is 4.57 Å². The van der Waals surface area contributed by atoms with Crippen LogP contribution in [0.25, 0.3) is 17.2 Å². The van der Waals surface area contributed by atoms with Crippen LogP contribution >= 0.6 is 46.6 Å². The molecule has 2 heterocycles. The summed E-state index contributed by atoms with van der Waals surface area (Å²) in [6, 6.07) is 17.0. The molecule has 0 saturated heterocycles. The standard InChI is InChI=1S/C20H14Cl3N5S/c1-12-10-17(25-19(23)24-12)18-26-27-20(28(18)16-8-6-15(22)7-9-16)29-11-13-2-4-14(21)5-3-13/h2-10H,11H2,1H3. The summed E-state index contributed by atoms with van der Waals surface area (Å²) >= 11 is 19.7. The molecule has 0 amide bonds. The minimum Gasteiger partial charge on any atom is -0.269 e. The van der Waals surface area contributed by atoms with E-state index in [0.717, 1.165) is 22.1 Å². The van der Waals surface area contributed by atoms with Crippen molar-refractivity contribution >= 4 is 46.6 Å². The van der Waals surface area contributed by atoms with Gasteiger partial charge in [0.2, 0.25) is 5.28 Å². The van der Waals surface area contributed by atoms with E-state index in [9.17, 15) is 0 Å². The van der Waals surface area contributed by atoms with Gasteiger partial charge in [-0.05, 0) is 66.6 Å². The molecule has 0 radical (unpaired) electrons. The van der Waals surface area contributed by atoms with Crippen LogP contribution < -0.4 is 0 Å². The number of aromatic nitrogens is 5. The first-order chi connectivity index (χ1) is 14.0. The molecule has 0 atom stereocenters. The van der Waals surface area contributed by atoms with Crippen LogP contribution in [0.15, 0.2) is 59.8 Å². The highest BCUT2D eigenvalue weighted by Gasteiger charge is 2.18. The van der Waals surface area contributed by atoms with E-state index in [0.29, 0.717) is 27.3 Å². The van der Waals surface area contributed by atoms with Crippen molar-refractivity contribution in [1.29, 1.82) is 0 Å². The molecule has 5 nitrogen and oxygen atoms in total. The smallest absolute Gasteiger partial charge is 0.223 e. The van der Waals surface area contributed by atoms with Crippen molar-refractivity contribution < 1.29 is 0 Å². The molecule has 0 aliphatic heterocycles. The van der Waals surface area contributed by atoms with E-state index in [1.807, 2.05) is 66.1 Å². The molecule has 9 heteroatoms. The van der Waals surface area contributed by atoms with Gasteiger partial charge in [-0.15, -0.1) is 10.2 Å². The molecule has 0 saturated carbocycles. The van der Waals surface area contributed by atoms with Crippen molar-refractivity contribution in [3.8, 4) is 17.2 Å². The number of thioether (sulfide) groups is 1. The van der Waals surface area contributed by atoms with E-state index in [2.05, 4.69) is 20.2 Å². The fourth-order valence-corrected chi connectivity index (χ4v) is 4.11. The second-order valence-corrected chi connectivity index (χ2v) is 8.35. The minimum atomic E-state index is 0.168. The molecule has 146 valence electrons. The molecule has 0 aliphatic carbocycles. The molecule has 0 unspecified atom stereocenters. The first-order valence-electron chi connectivity index (χ1n) is 8.60. The van der Waals surface area contributed by atoms with Gasteiger partial charge < -0.3 is 0 Å². The number of rotatable bonds is 5. The zero-order valence-corrected chi connectivity index (χ0v) is 18.3. The van der Waals surface area contributed by atoms with Gasteiger partial charge in [-0.25, -0.2) is 9.97 Å². The molecule has 0 bridgehead atoms. The Morgan fingerprint density at radius 1 is 0.862 bits per heavy atom. The fourth-order valence-electron chi connectivity index (χ4n) is 2.73. The Bertz CT molecular complexity index is 1120. The molecule has 0 fully saturated rings. The van der Waals surface area contributed by atoms with Crippen LogP contribution in [-0.4, -0.2) is 24.7 Å². The minimum absolute atomic E-state index is 0.168. The quantitative estimate of drug-likeness (QED) is 0.258. The Labute approximate surface area is 187 Å². The summed E-state index contributed by atoms with van der Waals surface area (Å²) in [5.41, 5.74) is 3.36. The molecule has 0 spiro atoms. The van der Waals surface area contributed by atoms with E-state index in [4.69, 9.17) is 34.8 Å². The van der Waals surface area contributed by atoms with Crippen molar-refractivity contribution in [2.75, 3.05) is 0 Å². The maximum Gasteiger partial charge on any atom is 0.223 e. The molecular formula is C20H14Cl3N5S. The maximum atomic E-state index is 6.07. The Kier molecular flexibility index (Phi) is 6.06. The molecule has 0 aliphatic rings. The predicted molar refractivity (Wildman–Crippen MR) is 118 cm³/mol. The molecule has 0 N–H and O–H groups in total. The maximum absolute atomic E-state index is 6.07. The van der Waals surface area contributed by atoms with Gasteiger partial charge in [-0.2, -0.15) is 0 Å². The number of nitrogens with zero attached hydrogens (tertiary/aromatic N) is 5. The van der Waals surface area contributed by atoms with Gasteiger partial charge >= 0.3 is 0 Å². The Morgan fingerprint density at radius 2 is 1.52 bits per heavy atom. The lowest BCUT2D eigenvalue weighted by molar-refractivity contribution is 0.884. The third kappa shape index (κ3) is 4.73. The highest BCUT2D eigenvalue weighted by atomic mass is 35.5. The van der Waals surface area contributed by atoms with Gasteiger partial charge in [-0.1, -0.05) is 47.1 Å². The van der Waals surface area contributed by atoms with Crippen molar-refractivity contribution in [3.63, 3.8) is 0 Å². The van der Waals surface area contributed by atoms with Gasteiger partial charge in [0, 0.05) is 27.2 Å². The van der Waals surface area contributed by atoms with Gasteiger partial charge in [0.1, 0.15) is 5.69 Å². The Morgan fingerprint density at radius 3 is 2.17 bits per heavy atom. The fraction of sp³-hybridized carbons (Fsp3) is 0.100. The molecule has 4 aromatic rings. The second kappa shape index (κ2) is 8.71. The van der Waals surface area contributed by atoms with Crippen LogP contribution in [-0.2, 0) is 5.75 Å². The van der Waals surface area contributed by atoms with E-state index in [1.54, 1.807) is 11.8 Å². The SMILES string of the molecule is Cc1cc(-c2nnc(SCc3ccc(Cl)cc3)n2-c2ccc(Cl)cc2)nc(Cl)n1. The first-order valence-corrected chi connectivity index (χ1v) is 10.7. The van der Waals surface area contributed by atoms with E-state index in [-0.39, 0.29) is 5.28 Å². The Hall–Kier alpha value is -2.12.